The van der Waals surface area contributed by atoms with Crippen molar-refractivity contribution >= 4 is 23.6 Å². The zero-order valence-corrected chi connectivity index (χ0v) is 20.8. The van der Waals surface area contributed by atoms with Crippen LogP contribution in [-0.2, 0) is 28.3 Å². The summed E-state index contributed by atoms with van der Waals surface area (Å²) in [5.74, 6) is 1.29. The van der Waals surface area contributed by atoms with Crippen LogP contribution in [0.2, 0.25) is 0 Å². The van der Waals surface area contributed by atoms with E-state index in [1.807, 2.05) is 78.9 Å². The van der Waals surface area contributed by atoms with Gasteiger partial charge in [0.15, 0.2) is 0 Å². The topological polar surface area (TPSA) is 49.4 Å². The van der Waals surface area contributed by atoms with Crippen molar-refractivity contribution in [1.82, 2.24) is 10.2 Å². The molecule has 0 fully saturated rings. The molecule has 0 aliphatic heterocycles. The molecule has 3 rings (SSSR count). The van der Waals surface area contributed by atoms with E-state index < -0.39 is 6.04 Å². The van der Waals surface area contributed by atoms with Gasteiger partial charge in [0.2, 0.25) is 11.8 Å². The number of rotatable bonds is 12. The molecule has 1 atom stereocenters. The Morgan fingerprint density at radius 1 is 0.794 bits per heavy atom. The number of carbonyl (C=O) groups is 2. The third kappa shape index (κ3) is 8.38. The van der Waals surface area contributed by atoms with E-state index in [-0.39, 0.29) is 11.8 Å². The highest BCUT2D eigenvalue weighted by molar-refractivity contribution is 7.99. The van der Waals surface area contributed by atoms with E-state index >= 15 is 0 Å². The predicted octanol–water partition coefficient (Wildman–Crippen LogP) is 5.33. The van der Waals surface area contributed by atoms with Crippen LogP contribution in [0.3, 0.4) is 0 Å². The summed E-state index contributed by atoms with van der Waals surface area (Å²) in [4.78, 5) is 28.7. The van der Waals surface area contributed by atoms with E-state index in [2.05, 4.69) is 31.3 Å². The summed E-state index contributed by atoms with van der Waals surface area (Å²) in [6.07, 6.45) is 0.479. The van der Waals surface area contributed by atoms with E-state index in [0.29, 0.717) is 31.2 Å². The Balaban J connectivity index is 1.81. The largest absolute Gasteiger partial charge is 0.354 e. The van der Waals surface area contributed by atoms with Gasteiger partial charge >= 0.3 is 0 Å². The van der Waals surface area contributed by atoms with Gasteiger partial charge in [0.05, 0.1) is 5.75 Å². The minimum absolute atomic E-state index is 0.0228. The van der Waals surface area contributed by atoms with Gasteiger partial charge in [0.1, 0.15) is 6.04 Å². The predicted molar refractivity (Wildman–Crippen MR) is 141 cm³/mol. The fourth-order valence-electron chi connectivity index (χ4n) is 3.67. The van der Waals surface area contributed by atoms with Crippen molar-refractivity contribution in [3.8, 4) is 0 Å². The Morgan fingerprint density at radius 3 is 1.88 bits per heavy atom. The highest BCUT2D eigenvalue weighted by Gasteiger charge is 2.30. The molecule has 0 saturated heterocycles. The molecule has 0 radical (unpaired) electrons. The first-order valence-corrected chi connectivity index (χ1v) is 12.9. The second kappa shape index (κ2) is 13.6. The number of thioether (sulfide) groups is 1. The standard InChI is InChI=1S/C29H34N2O2S/c1-23(2)19-30-29(33)27(18-24-12-6-3-7-13-24)31(20-25-14-8-4-9-15-25)28(32)22-34-21-26-16-10-5-11-17-26/h3-17,23,27H,18-22H2,1-2H3,(H,30,33)/t27-/m1/s1. The maximum absolute atomic E-state index is 13.5. The van der Waals surface area contributed by atoms with Gasteiger partial charge in [-0.15, -0.1) is 11.8 Å². The van der Waals surface area contributed by atoms with Crippen molar-refractivity contribution < 1.29 is 9.59 Å². The summed E-state index contributed by atoms with van der Waals surface area (Å²) < 4.78 is 0. The van der Waals surface area contributed by atoms with Gasteiger partial charge in [-0.05, 0) is 22.6 Å². The van der Waals surface area contributed by atoms with Crippen LogP contribution in [0.4, 0.5) is 0 Å². The highest BCUT2D eigenvalue weighted by Crippen LogP contribution is 2.18. The van der Waals surface area contributed by atoms with Crippen molar-refractivity contribution in [3.63, 3.8) is 0 Å². The lowest BCUT2D eigenvalue weighted by Crippen LogP contribution is -2.51. The fourth-order valence-corrected chi connectivity index (χ4v) is 4.54. The average molecular weight is 475 g/mol. The van der Waals surface area contributed by atoms with Gasteiger partial charge in [0.25, 0.3) is 0 Å². The van der Waals surface area contributed by atoms with Gasteiger partial charge in [-0.2, -0.15) is 0 Å². The monoisotopic (exact) mass is 474 g/mol. The van der Waals surface area contributed by atoms with E-state index in [9.17, 15) is 9.59 Å². The molecule has 2 amide bonds. The van der Waals surface area contributed by atoms with Crippen LogP contribution < -0.4 is 5.32 Å². The number of benzene rings is 3. The first-order valence-electron chi connectivity index (χ1n) is 11.8. The van der Waals surface area contributed by atoms with Gasteiger partial charge in [-0.25, -0.2) is 0 Å². The number of hydrogen-bond donors (Lipinski definition) is 1. The molecule has 4 nitrogen and oxygen atoms in total. The number of nitrogens with zero attached hydrogens (tertiary/aromatic N) is 1. The quantitative estimate of drug-likeness (QED) is 0.386. The fraction of sp³-hybridized carbons (Fsp3) is 0.310. The number of hydrogen-bond acceptors (Lipinski definition) is 3. The molecule has 178 valence electrons. The maximum atomic E-state index is 13.5. The Labute approximate surface area is 207 Å². The van der Waals surface area contributed by atoms with Crippen molar-refractivity contribution in [1.29, 1.82) is 0 Å². The number of nitrogens with one attached hydrogen (secondary N) is 1. The summed E-state index contributed by atoms with van der Waals surface area (Å²) in [7, 11) is 0. The van der Waals surface area contributed by atoms with Crippen LogP contribution in [0, 0.1) is 5.92 Å². The summed E-state index contributed by atoms with van der Waals surface area (Å²) in [6.45, 7) is 5.12. The van der Waals surface area contributed by atoms with Crippen LogP contribution >= 0.6 is 11.8 Å². The lowest BCUT2D eigenvalue weighted by molar-refractivity contribution is -0.139. The normalized spacial score (nSPS) is 11.7. The molecule has 0 unspecified atom stereocenters. The molecule has 0 heterocycles. The molecule has 34 heavy (non-hydrogen) atoms. The van der Waals surface area contributed by atoms with E-state index in [1.54, 1.807) is 16.7 Å². The zero-order valence-electron chi connectivity index (χ0n) is 20.0. The lowest BCUT2D eigenvalue weighted by Gasteiger charge is -2.31. The van der Waals surface area contributed by atoms with Gasteiger partial charge < -0.3 is 10.2 Å². The smallest absolute Gasteiger partial charge is 0.243 e. The molecule has 0 saturated carbocycles. The molecule has 0 aromatic heterocycles. The van der Waals surface area contributed by atoms with E-state index in [1.165, 1.54) is 5.56 Å². The van der Waals surface area contributed by atoms with Crippen molar-refractivity contribution in [2.45, 2.75) is 38.6 Å². The molecule has 3 aromatic rings. The summed E-state index contributed by atoms with van der Waals surface area (Å²) in [5.41, 5.74) is 3.24. The highest BCUT2D eigenvalue weighted by atomic mass is 32.2. The van der Waals surface area contributed by atoms with Crippen LogP contribution in [0.15, 0.2) is 91.0 Å². The Hall–Kier alpha value is -3.05. The lowest BCUT2D eigenvalue weighted by atomic mass is 10.0. The summed E-state index contributed by atoms with van der Waals surface area (Å²) >= 11 is 1.58. The number of carbonyl (C=O) groups excluding carboxylic acids is 2. The first-order chi connectivity index (χ1) is 16.5. The molecule has 0 spiro atoms. The molecular weight excluding hydrogens is 440 g/mol. The average Bonchev–Trinajstić information content (AvgIpc) is 2.86. The SMILES string of the molecule is CC(C)CNC(=O)[C@@H](Cc1ccccc1)N(Cc1ccccc1)C(=O)CSCc1ccccc1. The molecule has 0 aliphatic carbocycles. The second-order valence-electron chi connectivity index (χ2n) is 8.83. The minimum Gasteiger partial charge on any atom is -0.354 e. The van der Waals surface area contributed by atoms with E-state index in [0.717, 1.165) is 16.9 Å². The minimum atomic E-state index is -0.578. The van der Waals surface area contributed by atoms with Crippen LogP contribution in [0.5, 0.6) is 0 Å². The van der Waals surface area contributed by atoms with Crippen LogP contribution in [0.25, 0.3) is 0 Å². The summed E-state index contributed by atoms with van der Waals surface area (Å²) in [5, 5.41) is 3.07. The van der Waals surface area contributed by atoms with Gasteiger partial charge in [0, 0.05) is 25.3 Å². The van der Waals surface area contributed by atoms with Crippen molar-refractivity contribution in [3.05, 3.63) is 108 Å². The maximum Gasteiger partial charge on any atom is 0.243 e. The van der Waals surface area contributed by atoms with Crippen LogP contribution in [-0.4, -0.2) is 35.1 Å². The molecule has 5 heteroatoms. The first kappa shape index (κ1) is 25.6. The Morgan fingerprint density at radius 2 is 1.32 bits per heavy atom. The van der Waals surface area contributed by atoms with Gasteiger partial charge in [-0.3, -0.25) is 9.59 Å². The molecular formula is C29H34N2O2S. The Bertz CT molecular complexity index is 1010. The third-order valence-electron chi connectivity index (χ3n) is 5.49. The molecule has 0 aliphatic rings. The molecule has 1 N–H and O–H groups in total. The second-order valence-corrected chi connectivity index (χ2v) is 9.82. The van der Waals surface area contributed by atoms with Crippen LogP contribution in [0.1, 0.15) is 30.5 Å². The van der Waals surface area contributed by atoms with Crippen molar-refractivity contribution in [2.24, 2.45) is 5.92 Å². The van der Waals surface area contributed by atoms with E-state index in [4.69, 9.17) is 0 Å². The molecule has 0 bridgehead atoms. The zero-order chi connectivity index (χ0) is 24.2. The summed E-state index contributed by atoms with van der Waals surface area (Å²) in [6, 6.07) is 29.4. The Kier molecular flexibility index (Phi) is 10.2. The van der Waals surface area contributed by atoms with Crippen molar-refractivity contribution in [2.75, 3.05) is 12.3 Å². The molecule has 3 aromatic carbocycles. The number of amides is 2. The van der Waals surface area contributed by atoms with Gasteiger partial charge in [-0.1, -0.05) is 105 Å². The third-order valence-corrected chi connectivity index (χ3v) is 6.48.